The summed E-state index contributed by atoms with van der Waals surface area (Å²) in [5, 5.41) is 0. The molecule has 3 N–H and O–H groups in total. The van der Waals surface area contributed by atoms with E-state index in [-0.39, 0.29) is 6.15 Å². The van der Waals surface area contributed by atoms with Gasteiger partial charge >= 0.3 is 0 Å². The van der Waals surface area contributed by atoms with E-state index in [1.54, 1.807) is 0 Å². The summed E-state index contributed by atoms with van der Waals surface area (Å²) in [6.07, 6.45) is 0. The Balaban J connectivity index is 0.000001000. The van der Waals surface area contributed by atoms with Gasteiger partial charge in [-0.15, -0.1) is 0 Å². The van der Waals surface area contributed by atoms with Gasteiger partial charge in [0.2, 0.25) is 0 Å². The van der Waals surface area contributed by atoms with Crippen molar-refractivity contribution in [2.24, 2.45) is 0 Å². The SMILES string of the molecule is CCOCc1ccccc1.N. The summed E-state index contributed by atoms with van der Waals surface area (Å²) in [4.78, 5) is 0. The Labute approximate surface area is 67.8 Å². The third kappa shape index (κ3) is 3.75. The van der Waals surface area contributed by atoms with Gasteiger partial charge in [-0.1, -0.05) is 30.3 Å². The minimum atomic E-state index is 0. The number of benzene rings is 1. The average Bonchev–Trinajstić information content (AvgIpc) is 2.03. The van der Waals surface area contributed by atoms with Crippen molar-refractivity contribution < 1.29 is 4.74 Å². The van der Waals surface area contributed by atoms with Crippen molar-refractivity contribution in [1.82, 2.24) is 6.15 Å². The highest BCUT2D eigenvalue weighted by Gasteiger charge is 1.86. The van der Waals surface area contributed by atoms with Gasteiger partial charge in [0.1, 0.15) is 0 Å². The van der Waals surface area contributed by atoms with E-state index in [2.05, 4.69) is 12.1 Å². The second-order valence-electron chi connectivity index (χ2n) is 2.12. The van der Waals surface area contributed by atoms with Gasteiger partial charge in [0.15, 0.2) is 0 Å². The lowest BCUT2D eigenvalue weighted by Gasteiger charge is -1.98. The molecule has 0 atom stereocenters. The lowest BCUT2D eigenvalue weighted by molar-refractivity contribution is 0.134. The van der Waals surface area contributed by atoms with Crippen LogP contribution in [-0.4, -0.2) is 6.61 Å². The third-order valence-electron chi connectivity index (χ3n) is 1.32. The van der Waals surface area contributed by atoms with Crippen LogP contribution in [0.25, 0.3) is 0 Å². The van der Waals surface area contributed by atoms with Crippen LogP contribution in [0.3, 0.4) is 0 Å². The molecule has 0 aromatic heterocycles. The lowest BCUT2D eigenvalue weighted by atomic mass is 10.2. The molecule has 11 heavy (non-hydrogen) atoms. The Hall–Kier alpha value is -0.860. The van der Waals surface area contributed by atoms with Crippen molar-refractivity contribution in [2.45, 2.75) is 13.5 Å². The Bertz CT molecular complexity index is 174. The number of hydrogen-bond donors (Lipinski definition) is 1. The highest BCUT2D eigenvalue weighted by molar-refractivity contribution is 5.13. The predicted molar refractivity (Wildman–Crippen MR) is 46.8 cm³/mol. The maximum atomic E-state index is 5.22. The van der Waals surface area contributed by atoms with Gasteiger partial charge in [0.05, 0.1) is 6.61 Å². The van der Waals surface area contributed by atoms with Crippen LogP contribution in [0.2, 0.25) is 0 Å². The first-order valence-corrected chi connectivity index (χ1v) is 3.55. The highest BCUT2D eigenvalue weighted by Crippen LogP contribution is 1.99. The Kier molecular flexibility index (Phi) is 5.43. The fourth-order valence-electron chi connectivity index (χ4n) is 0.794. The second kappa shape index (κ2) is 5.89. The van der Waals surface area contributed by atoms with Crippen LogP contribution in [0.5, 0.6) is 0 Å². The van der Waals surface area contributed by atoms with Crippen molar-refractivity contribution >= 4 is 0 Å². The van der Waals surface area contributed by atoms with E-state index in [1.807, 2.05) is 25.1 Å². The molecule has 0 fully saturated rings. The molecule has 0 saturated heterocycles. The molecule has 1 rings (SSSR count). The number of rotatable bonds is 3. The highest BCUT2D eigenvalue weighted by atomic mass is 16.5. The first-order chi connectivity index (χ1) is 4.93. The van der Waals surface area contributed by atoms with Crippen LogP contribution in [0, 0.1) is 0 Å². The van der Waals surface area contributed by atoms with Gasteiger partial charge in [-0.25, -0.2) is 0 Å². The van der Waals surface area contributed by atoms with Gasteiger partial charge < -0.3 is 10.9 Å². The van der Waals surface area contributed by atoms with Crippen molar-refractivity contribution in [1.29, 1.82) is 0 Å². The van der Waals surface area contributed by atoms with E-state index < -0.39 is 0 Å². The summed E-state index contributed by atoms with van der Waals surface area (Å²) in [5.74, 6) is 0. The van der Waals surface area contributed by atoms with Crippen LogP contribution >= 0.6 is 0 Å². The molecule has 1 aromatic rings. The topological polar surface area (TPSA) is 44.2 Å². The zero-order chi connectivity index (χ0) is 7.23. The largest absolute Gasteiger partial charge is 0.377 e. The molecule has 1 aromatic carbocycles. The Morgan fingerprint density at radius 2 is 1.82 bits per heavy atom. The summed E-state index contributed by atoms with van der Waals surface area (Å²) < 4.78 is 5.22. The van der Waals surface area contributed by atoms with Crippen molar-refractivity contribution in [3.63, 3.8) is 0 Å². The zero-order valence-corrected chi connectivity index (χ0v) is 6.92. The molecule has 0 aliphatic rings. The lowest BCUT2D eigenvalue weighted by Crippen LogP contribution is -1.90. The molecule has 0 unspecified atom stereocenters. The third-order valence-corrected chi connectivity index (χ3v) is 1.32. The summed E-state index contributed by atoms with van der Waals surface area (Å²) in [6.45, 7) is 3.52. The maximum Gasteiger partial charge on any atom is 0.0716 e. The van der Waals surface area contributed by atoms with Crippen LogP contribution in [-0.2, 0) is 11.3 Å². The quantitative estimate of drug-likeness (QED) is 0.724. The normalized spacial score (nSPS) is 8.82. The van der Waals surface area contributed by atoms with E-state index in [9.17, 15) is 0 Å². The molecule has 0 aliphatic carbocycles. The summed E-state index contributed by atoms with van der Waals surface area (Å²) >= 11 is 0. The van der Waals surface area contributed by atoms with Gasteiger partial charge in [0.25, 0.3) is 0 Å². The van der Waals surface area contributed by atoms with E-state index in [0.717, 1.165) is 13.2 Å². The van der Waals surface area contributed by atoms with Crippen LogP contribution in [0.4, 0.5) is 0 Å². The molecule has 0 spiro atoms. The van der Waals surface area contributed by atoms with E-state index >= 15 is 0 Å². The first-order valence-electron chi connectivity index (χ1n) is 3.55. The fraction of sp³-hybridized carbons (Fsp3) is 0.333. The molecule has 0 bridgehead atoms. The smallest absolute Gasteiger partial charge is 0.0716 e. The van der Waals surface area contributed by atoms with Crippen LogP contribution in [0.15, 0.2) is 30.3 Å². The molecular formula is C9H15NO. The molecule has 0 aliphatic heterocycles. The molecule has 2 heteroatoms. The number of hydrogen-bond acceptors (Lipinski definition) is 2. The standard InChI is InChI=1S/C9H12O.H3N/c1-2-10-8-9-6-4-3-5-7-9;/h3-7H,2,8H2,1H3;1H3. The van der Waals surface area contributed by atoms with E-state index in [0.29, 0.717) is 0 Å². The van der Waals surface area contributed by atoms with Gasteiger partial charge in [-0.3, -0.25) is 0 Å². The fourth-order valence-corrected chi connectivity index (χ4v) is 0.794. The molecule has 2 nitrogen and oxygen atoms in total. The molecule has 0 saturated carbocycles. The number of ether oxygens (including phenoxy) is 1. The predicted octanol–water partition coefficient (Wildman–Crippen LogP) is 2.39. The van der Waals surface area contributed by atoms with Gasteiger partial charge in [0, 0.05) is 6.61 Å². The van der Waals surface area contributed by atoms with E-state index in [4.69, 9.17) is 4.74 Å². The van der Waals surface area contributed by atoms with Crippen molar-refractivity contribution in [3.8, 4) is 0 Å². The summed E-state index contributed by atoms with van der Waals surface area (Å²) in [7, 11) is 0. The van der Waals surface area contributed by atoms with Crippen LogP contribution < -0.4 is 6.15 Å². The molecule has 0 heterocycles. The maximum absolute atomic E-state index is 5.22. The minimum Gasteiger partial charge on any atom is -0.377 e. The minimum absolute atomic E-state index is 0. The second-order valence-corrected chi connectivity index (χ2v) is 2.12. The van der Waals surface area contributed by atoms with Crippen molar-refractivity contribution in [2.75, 3.05) is 6.61 Å². The van der Waals surface area contributed by atoms with Gasteiger partial charge in [-0.2, -0.15) is 0 Å². The summed E-state index contributed by atoms with van der Waals surface area (Å²) in [5.41, 5.74) is 1.24. The zero-order valence-electron chi connectivity index (χ0n) is 6.92. The monoisotopic (exact) mass is 153 g/mol. The van der Waals surface area contributed by atoms with Crippen molar-refractivity contribution in [3.05, 3.63) is 35.9 Å². The van der Waals surface area contributed by atoms with E-state index in [1.165, 1.54) is 5.56 Å². The molecule has 0 radical (unpaired) electrons. The molecular weight excluding hydrogens is 138 g/mol. The Morgan fingerprint density at radius 3 is 2.36 bits per heavy atom. The van der Waals surface area contributed by atoms with Gasteiger partial charge in [-0.05, 0) is 12.5 Å². The Morgan fingerprint density at radius 1 is 1.18 bits per heavy atom. The average molecular weight is 153 g/mol. The molecule has 62 valence electrons. The first kappa shape index (κ1) is 10.1. The molecule has 0 amide bonds. The summed E-state index contributed by atoms with van der Waals surface area (Å²) in [6, 6.07) is 10.2. The van der Waals surface area contributed by atoms with Crippen LogP contribution in [0.1, 0.15) is 12.5 Å².